The Morgan fingerprint density at radius 2 is 1.65 bits per heavy atom. The number of hydrogen-bond acceptors (Lipinski definition) is 4. The van der Waals surface area contributed by atoms with Crippen molar-refractivity contribution in [1.82, 2.24) is 5.32 Å². The lowest BCUT2D eigenvalue weighted by atomic mass is 9.53. The standard InChI is InChI=1S/C21H27NO4/c1-14(26-19(23)13-25-18-5-3-2-4-6-18)20(24)22-21-10-15-7-16(11-21)9-17(8-15)12-21/h2-6,14-17H,7-13H2,1H3,(H,22,24)/t14-,15?,16?,17?,21?/m0/s1. The number of carbonyl (C=O) groups is 2. The molecule has 0 saturated heterocycles. The van der Waals surface area contributed by atoms with E-state index in [2.05, 4.69) is 5.32 Å². The first-order valence-corrected chi connectivity index (χ1v) is 9.71. The molecule has 0 radical (unpaired) electrons. The zero-order valence-corrected chi connectivity index (χ0v) is 15.3. The molecule has 5 rings (SSSR count). The van der Waals surface area contributed by atoms with Gasteiger partial charge in [-0.1, -0.05) is 18.2 Å². The normalized spacial score (nSPS) is 32.7. The van der Waals surface area contributed by atoms with E-state index < -0.39 is 12.1 Å². The van der Waals surface area contributed by atoms with Gasteiger partial charge >= 0.3 is 5.97 Å². The Bertz CT molecular complexity index is 637. The van der Waals surface area contributed by atoms with Crippen molar-refractivity contribution in [2.45, 2.75) is 57.1 Å². The predicted octanol–water partition coefficient (Wildman–Crippen LogP) is 3.08. The van der Waals surface area contributed by atoms with Crippen molar-refractivity contribution >= 4 is 11.9 Å². The second-order valence-corrected chi connectivity index (χ2v) is 8.42. The van der Waals surface area contributed by atoms with Gasteiger partial charge in [-0.2, -0.15) is 0 Å². The third-order valence-electron chi connectivity index (χ3n) is 6.20. The Morgan fingerprint density at radius 3 is 2.23 bits per heavy atom. The summed E-state index contributed by atoms with van der Waals surface area (Å²) < 4.78 is 10.6. The van der Waals surface area contributed by atoms with Crippen molar-refractivity contribution in [2.24, 2.45) is 17.8 Å². The molecule has 4 fully saturated rings. The van der Waals surface area contributed by atoms with Gasteiger partial charge in [0.05, 0.1) is 0 Å². The Kier molecular flexibility index (Phi) is 4.63. The molecule has 1 amide bonds. The molecule has 4 aliphatic rings. The lowest BCUT2D eigenvalue weighted by Gasteiger charge is -2.57. The molecule has 1 atom stereocenters. The minimum absolute atomic E-state index is 0.0625. The first-order valence-electron chi connectivity index (χ1n) is 9.71. The van der Waals surface area contributed by atoms with Gasteiger partial charge in [-0.15, -0.1) is 0 Å². The third kappa shape index (κ3) is 3.71. The van der Waals surface area contributed by atoms with Gasteiger partial charge in [0.15, 0.2) is 12.7 Å². The molecule has 26 heavy (non-hydrogen) atoms. The highest BCUT2D eigenvalue weighted by molar-refractivity contribution is 5.84. The minimum atomic E-state index is -0.796. The average Bonchev–Trinajstić information content (AvgIpc) is 2.59. The van der Waals surface area contributed by atoms with E-state index in [0.717, 1.165) is 37.0 Å². The van der Waals surface area contributed by atoms with Crippen molar-refractivity contribution in [3.05, 3.63) is 30.3 Å². The highest BCUT2D eigenvalue weighted by atomic mass is 16.6. The molecule has 0 aromatic heterocycles. The largest absolute Gasteiger partial charge is 0.482 e. The predicted molar refractivity (Wildman–Crippen MR) is 96.5 cm³/mol. The number of rotatable bonds is 6. The Balaban J connectivity index is 1.27. The lowest BCUT2D eigenvalue weighted by molar-refractivity contribution is -0.158. The van der Waals surface area contributed by atoms with Crippen LogP contribution in [-0.2, 0) is 14.3 Å². The molecule has 4 bridgehead atoms. The topological polar surface area (TPSA) is 64.6 Å². The van der Waals surface area contributed by atoms with Gasteiger partial charge in [0.1, 0.15) is 5.75 Å². The summed E-state index contributed by atoms with van der Waals surface area (Å²) in [6.07, 6.45) is 6.45. The highest BCUT2D eigenvalue weighted by Crippen LogP contribution is 2.55. The molecular formula is C21H27NO4. The maximum Gasteiger partial charge on any atom is 0.344 e. The van der Waals surface area contributed by atoms with Crippen LogP contribution in [0.15, 0.2) is 30.3 Å². The van der Waals surface area contributed by atoms with Gasteiger partial charge in [0.25, 0.3) is 5.91 Å². The van der Waals surface area contributed by atoms with Gasteiger partial charge < -0.3 is 14.8 Å². The van der Waals surface area contributed by atoms with Gasteiger partial charge in [0.2, 0.25) is 0 Å². The Hall–Kier alpha value is -2.04. The van der Waals surface area contributed by atoms with Crippen LogP contribution in [0.25, 0.3) is 0 Å². The summed E-state index contributed by atoms with van der Waals surface area (Å²) in [4.78, 5) is 24.6. The molecule has 0 aliphatic heterocycles. The average molecular weight is 357 g/mol. The quantitative estimate of drug-likeness (QED) is 0.795. The summed E-state index contributed by atoms with van der Waals surface area (Å²) in [5, 5.41) is 3.25. The van der Waals surface area contributed by atoms with Crippen LogP contribution in [0.3, 0.4) is 0 Å². The fourth-order valence-electron chi connectivity index (χ4n) is 5.57. The van der Waals surface area contributed by atoms with Crippen LogP contribution >= 0.6 is 0 Å². The van der Waals surface area contributed by atoms with Crippen LogP contribution in [0.1, 0.15) is 45.4 Å². The van der Waals surface area contributed by atoms with Crippen LogP contribution < -0.4 is 10.1 Å². The number of benzene rings is 1. The second kappa shape index (κ2) is 6.93. The van der Waals surface area contributed by atoms with E-state index in [1.54, 1.807) is 19.1 Å². The van der Waals surface area contributed by atoms with Crippen molar-refractivity contribution < 1.29 is 19.1 Å². The number of para-hydroxylation sites is 1. The molecule has 4 saturated carbocycles. The van der Waals surface area contributed by atoms with Gasteiger partial charge in [-0.05, 0) is 75.3 Å². The van der Waals surface area contributed by atoms with Crippen LogP contribution in [0, 0.1) is 17.8 Å². The third-order valence-corrected chi connectivity index (χ3v) is 6.20. The number of carbonyl (C=O) groups excluding carboxylic acids is 2. The summed E-state index contributed by atoms with van der Waals surface area (Å²) in [6, 6.07) is 9.10. The molecule has 0 heterocycles. The van der Waals surface area contributed by atoms with E-state index >= 15 is 0 Å². The molecule has 0 spiro atoms. The zero-order chi connectivity index (χ0) is 18.1. The minimum Gasteiger partial charge on any atom is -0.482 e. The monoisotopic (exact) mass is 357 g/mol. The number of esters is 1. The van der Waals surface area contributed by atoms with E-state index in [0.29, 0.717) is 5.75 Å². The SMILES string of the molecule is C[C@H](OC(=O)COc1ccccc1)C(=O)NC12CC3CC(CC(C3)C1)C2. The van der Waals surface area contributed by atoms with E-state index in [1.807, 2.05) is 18.2 Å². The van der Waals surface area contributed by atoms with E-state index in [1.165, 1.54) is 19.3 Å². The van der Waals surface area contributed by atoms with Crippen molar-refractivity contribution in [3.63, 3.8) is 0 Å². The molecule has 5 nitrogen and oxygen atoms in total. The van der Waals surface area contributed by atoms with Gasteiger partial charge in [0, 0.05) is 5.54 Å². The number of hydrogen-bond donors (Lipinski definition) is 1. The van der Waals surface area contributed by atoms with Crippen molar-refractivity contribution in [2.75, 3.05) is 6.61 Å². The summed E-state index contributed by atoms with van der Waals surface area (Å²) in [6.45, 7) is 1.44. The maximum atomic E-state index is 12.6. The van der Waals surface area contributed by atoms with Crippen LogP contribution in [0.5, 0.6) is 5.75 Å². The molecule has 1 aromatic rings. The van der Waals surface area contributed by atoms with Crippen LogP contribution in [0.2, 0.25) is 0 Å². The summed E-state index contributed by atoms with van der Waals surface area (Å²) in [5.41, 5.74) is -0.0625. The molecule has 140 valence electrons. The summed E-state index contributed by atoms with van der Waals surface area (Å²) in [5.74, 6) is 2.19. The first-order chi connectivity index (χ1) is 12.5. The van der Waals surface area contributed by atoms with E-state index in [9.17, 15) is 9.59 Å². The molecular weight excluding hydrogens is 330 g/mol. The van der Waals surface area contributed by atoms with Gasteiger partial charge in [-0.25, -0.2) is 4.79 Å². The first kappa shape index (κ1) is 17.4. The zero-order valence-electron chi connectivity index (χ0n) is 15.3. The maximum absolute atomic E-state index is 12.6. The Morgan fingerprint density at radius 1 is 1.08 bits per heavy atom. The van der Waals surface area contributed by atoms with Crippen LogP contribution in [0.4, 0.5) is 0 Å². The van der Waals surface area contributed by atoms with Crippen LogP contribution in [-0.4, -0.2) is 30.1 Å². The fourth-order valence-corrected chi connectivity index (χ4v) is 5.57. The van der Waals surface area contributed by atoms with E-state index in [-0.39, 0.29) is 18.1 Å². The number of ether oxygens (including phenoxy) is 2. The lowest BCUT2D eigenvalue weighted by Crippen LogP contribution is -2.61. The van der Waals surface area contributed by atoms with E-state index in [4.69, 9.17) is 9.47 Å². The second-order valence-electron chi connectivity index (χ2n) is 8.42. The molecule has 4 aliphatic carbocycles. The Labute approximate surface area is 154 Å². The van der Waals surface area contributed by atoms with Gasteiger partial charge in [-0.3, -0.25) is 4.79 Å². The molecule has 1 N–H and O–H groups in total. The number of amides is 1. The van der Waals surface area contributed by atoms with Crippen molar-refractivity contribution in [3.8, 4) is 5.75 Å². The number of nitrogens with one attached hydrogen (secondary N) is 1. The fraction of sp³-hybridized carbons (Fsp3) is 0.619. The summed E-state index contributed by atoms with van der Waals surface area (Å²) in [7, 11) is 0. The molecule has 1 aromatic carbocycles. The summed E-state index contributed by atoms with van der Waals surface area (Å²) >= 11 is 0. The molecule has 5 heteroatoms. The molecule has 0 unspecified atom stereocenters. The van der Waals surface area contributed by atoms with Crippen molar-refractivity contribution in [1.29, 1.82) is 0 Å². The highest BCUT2D eigenvalue weighted by Gasteiger charge is 2.51. The smallest absolute Gasteiger partial charge is 0.344 e.